The first-order chi connectivity index (χ1) is 14.3. The zero-order chi connectivity index (χ0) is 22.1. The molecule has 3 rings (SSSR count). The molecule has 3 aromatic rings. The zero-order valence-electron chi connectivity index (χ0n) is 16.1. The summed E-state index contributed by atoms with van der Waals surface area (Å²) in [6.07, 6.45) is -0.124. The van der Waals surface area contributed by atoms with Crippen LogP contribution in [0.1, 0.15) is 34.5 Å². The van der Waals surface area contributed by atoms with Crippen LogP contribution in [0.3, 0.4) is 0 Å². The van der Waals surface area contributed by atoms with E-state index in [-0.39, 0.29) is 29.2 Å². The van der Waals surface area contributed by atoms with E-state index in [1.807, 2.05) is 91.9 Å². The van der Waals surface area contributed by atoms with Gasteiger partial charge < -0.3 is 4.74 Å². The molecule has 0 aliphatic rings. The minimum absolute atomic E-state index is 0. The fourth-order valence-corrected chi connectivity index (χ4v) is 2.48. The fraction of sp³-hybridized carbons (Fsp3) is 0.0833. The van der Waals surface area contributed by atoms with E-state index < -0.39 is 0 Å². The Balaban J connectivity index is 0. The largest absolute Gasteiger partial charge is 0 e. The molecule has 1 atom stereocenters. The van der Waals surface area contributed by atoms with Crippen LogP contribution >= 0.6 is 0 Å². The van der Waals surface area contributed by atoms with Crippen molar-refractivity contribution in [1.82, 2.24) is 0 Å². The number of para-hydroxylation sites is 1. The van der Waals surface area contributed by atoms with E-state index >= 15 is 0 Å². The van der Waals surface area contributed by atoms with Gasteiger partial charge in [-0.1, -0.05) is 72.8 Å². The molecule has 0 bridgehead atoms. The van der Waals surface area contributed by atoms with Crippen molar-refractivity contribution in [3.8, 4) is 5.75 Å². The van der Waals surface area contributed by atoms with Gasteiger partial charge in [0.25, 0.3) is 0 Å². The van der Waals surface area contributed by atoms with Crippen LogP contribution < -0.4 is 4.74 Å². The Morgan fingerprint density at radius 2 is 1.17 bits per heavy atom. The second-order valence-electron chi connectivity index (χ2n) is 5.36. The molecule has 0 aliphatic heterocycles. The van der Waals surface area contributed by atoms with Crippen molar-refractivity contribution in [3.63, 3.8) is 0 Å². The second-order valence-corrected chi connectivity index (χ2v) is 5.36. The molecule has 0 amide bonds. The predicted molar refractivity (Wildman–Crippen MR) is 104 cm³/mol. The van der Waals surface area contributed by atoms with Gasteiger partial charge in [0.1, 0.15) is 11.9 Å². The molecule has 0 saturated carbocycles. The van der Waals surface area contributed by atoms with Crippen LogP contribution in [0.15, 0.2) is 84.9 Å². The molecule has 0 radical (unpaired) electrons. The summed E-state index contributed by atoms with van der Waals surface area (Å²) in [7, 11) is 0. The van der Waals surface area contributed by atoms with Crippen molar-refractivity contribution >= 4 is 5.78 Å². The minimum Gasteiger partial charge on any atom is 0 e. The van der Waals surface area contributed by atoms with Gasteiger partial charge in [-0.15, -0.1) is 0 Å². The van der Waals surface area contributed by atoms with Gasteiger partial charge in [-0.3, -0.25) is 4.79 Å². The number of hydrogen-bond acceptors (Lipinski definition) is 2. The van der Waals surface area contributed by atoms with E-state index in [9.17, 15) is 4.79 Å². The van der Waals surface area contributed by atoms with Gasteiger partial charge >= 0.3 is 33.9 Å². The van der Waals surface area contributed by atoms with Gasteiger partial charge in [0, 0.05) is 22.9 Å². The minimum atomic E-state index is -0.124. The first-order valence-electron chi connectivity index (χ1n) is 8.27. The van der Waals surface area contributed by atoms with E-state index in [1.165, 1.54) is 0 Å². The van der Waals surface area contributed by atoms with Crippen LogP contribution in [0.5, 0.6) is 5.75 Å². The number of rotatable bonds is 5. The molecule has 0 aromatic heterocycles. The van der Waals surface area contributed by atoms with Gasteiger partial charge in [-0.05, 0) is 24.6 Å². The summed E-state index contributed by atoms with van der Waals surface area (Å²) in [4.78, 5) is 12.7. The summed E-state index contributed by atoms with van der Waals surface area (Å²) in [6, 6.07) is 26.6. The predicted octanol–water partition coefficient (Wildman–Crippen LogP) is 4.94. The third-order valence-corrected chi connectivity index (χ3v) is 3.74. The molecule has 30 heavy (non-hydrogen) atoms. The maximum atomic E-state index is 12.7. The van der Waals surface area contributed by atoms with Crippen molar-refractivity contribution in [3.05, 3.63) is 122 Å². The van der Waals surface area contributed by atoms with Gasteiger partial charge in [0.05, 0.1) is 5.56 Å². The van der Waals surface area contributed by atoms with Crippen molar-refractivity contribution in [1.29, 1.82) is 0 Å². The Bertz CT molecular complexity index is 904. The van der Waals surface area contributed by atoms with Crippen LogP contribution in [-0.2, 0) is 31.3 Å². The average Bonchev–Trinajstić information content (AvgIpc) is 2.84. The Morgan fingerprint density at radius 3 is 1.70 bits per heavy atom. The maximum Gasteiger partial charge on any atom is 0 e. The molecular weight excluding hydrogens is 420 g/mol. The molecule has 150 valence electrons. The van der Waals surface area contributed by atoms with Crippen molar-refractivity contribution in [2.24, 2.45) is 0 Å². The average molecular weight is 438 g/mol. The number of carbonyl (C=O) groups excluding carboxylic acids is 1. The summed E-state index contributed by atoms with van der Waals surface area (Å²) in [5.41, 5.74) is 2.33. The first-order valence-corrected chi connectivity index (χ1v) is 8.27. The second kappa shape index (κ2) is 17.9. The molecular formula is C24H18CrO5. The van der Waals surface area contributed by atoms with Gasteiger partial charge in [0.2, 0.25) is 0 Å². The van der Waals surface area contributed by atoms with Crippen LogP contribution in [-0.4, -0.2) is 5.78 Å². The smallest absolute Gasteiger partial charge is 0 e. The summed E-state index contributed by atoms with van der Waals surface area (Å²) in [5, 5.41) is 0. The summed E-state index contributed by atoms with van der Waals surface area (Å²) in [5.74, 6) is 0.583. The Kier molecular flexibility index (Phi) is 17.4. The topological polar surface area (TPSA) is 86.0 Å². The number of hydrogen-bond donors (Lipinski definition) is 0. The van der Waals surface area contributed by atoms with Crippen LogP contribution in [0, 0.1) is 20.0 Å². The van der Waals surface area contributed by atoms with Crippen molar-refractivity contribution in [2.75, 3.05) is 0 Å². The molecule has 0 heterocycles. The molecule has 0 N–H and O–H groups in total. The molecule has 5 nitrogen and oxygen atoms in total. The van der Waals surface area contributed by atoms with Crippen LogP contribution in [0.2, 0.25) is 0 Å². The number of carbonyl (C=O) groups is 1. The monoisotopic (exact) mass is 438 g/mol. The van der Waals surface area contributed by atoms with Crippen molar-refractivity contribution in [2.45, 2.75) is 13.0 Å². The van der Waals surface area contributed by atoms with Gasteiger partial charge in [0.15, 0.2) is 5.78 Å². The van der Waals surface area contributed by atoms with Crippen LogP contribution in [0.4, 0.5) is 0 Å². The summed E-state index contributed by atoms with van der Waals surface area (Å²) < 4.78 is 28.6. The third kappa shape index (κ3) is 8.92. The molecule has 0 unspecified atom stereocenters. The van der Waals surface area contributed by atoms with Crippen LogP contribution in [0.25, 0.3) is 0 Å². The molecule has 0 saturated heterocycles. The Hall–Kier alpha value is -3.12. The van der Waals surface area contributed by atoms with Crippen molar-refractivity contribution < 1.29 is 40.8 Å². The Labute approximate surface area is 187 Å². The number of ether oxygens (including phenoxy) is 1. The third-order valence-electron chi connectivity index (χ3n) is 3.74. The maximum absolute atomic E-state index is 12.7. The van der Waals surface area contributed by atoms with Gasteiger partial charge in [-0.2, -0.15) is 0 Å². The summed E-state index contributed by atoms with van der Waals surface area (Å²) >= 11 is 0. The van der Waals surface area contributed by atoms with E-state index in [2.05, 4.69) is 20.0 Å². The molecule has 0 fully saturated rings. The van der Waals surface area contributed by atoms with E-state index in [4.69, 9.17) is 18.7 Å². The zero-order valence-corrected chi connectivity index (χ0v) is 17.4. The quantitative estimate of drug-likeness (QED) is 0.321. The fourth-order valence-electron chi connectivity index (χ4n) is 2.48. The van der Waals surface area contributed by atoms with E-state index in [1.54, 1.807) is 0 Å². The Morgan fingerprint density at radius 1 is 0.733 bits per heavy atom. The first kappa shape index (κ1) is 29.1. The SMILES string of the molecule is C[C@H](Oc1ccccc1C(=O)c1ccccc1)c1ccccc1.[C-]#[O+].[C-]#[O+].[C-]#[O+].[Cr]. The standard InChI is InChI=1S/C21H18O2.3CO.Cr/c1-16(17-10-4-2-5-11-17)23-20-15-9-8-14-19(20)21(22)18-12-6-3-7-13-18;3*1-2;/h2-16H,1H3;;;;/t16-;;;;/m0..../s1. The molecule has 6 heteroatoms. The van der Waals surface area contributed by atoms with Gasteiger partial charge in [-0.25, -0.2) is 0 Å². The van der Waals surface area contributed by atoms with E-state index in [0.717, 1.165) is 5.56 Å². The molecule has 0 aliphatic carbocycles. The molecule has 0 spiro atoms. The molecule has 3 aromatic carbocycles. The normalized spacial score (nSPS) is 9.17. The number of ketones is 1. The number of benzene rings is 3. The summed E-state index contributed by atoms with van der Waals surface area (Å²) in [6.45, 7) is 15.5. The van der Waals surface area contributed by atoms with E-state index in [0.29, 0.717) is 16.9 Å².